The smallest absolute Gasteiger partial charge is 0.305 e. The summed E-state index contributed by atoms with van der Waals surface area (Å²) in [6.45, 7) is 5.68. The lowest BCUT2D eigenvalue weighted by Gasteiger charge is -2.06. The van der Waals surface area contributed by atoms with Crippen LogP contribution in [-0.2, 0) is 14.3 Å². The fraction of sp³-hybridized carbons (Fsp3) is 0.800. The molecule has 0 saturated carbocycles. The average molecular weight is 186 g/mol. The van der Waals surface area contributed by atoms with Crippen molar-refractivity contribution in [2.24, 2.45) is 5.92 Å². The summed E-state index contributed by atoms with van der Waals surface area (Å²) in [6, 6.07) is 0. The average Bonchev–Trinajstić information content (AvgIpc) is 2.04. The van der Waals surface area contributed by atoms with Crippen molar-refractivity contribution >= 4 is 11.8 Å². The van der Waals surface area contributed by atoms with E-state index in [9.17, 15) is 9.59 Å². The van der Waals surface area contributed by atoms with Gasteiger partial charge in [0.25, 0.3) is 0 Å². The van der Waals surface area contributed by atoms with Crippen LogP contribution in [0.4, 0.5) is 0 Å². The summed E-state index contributed by atoms with van der Waals surface area (Å²) in [5.74, 6) is 0.0801. The fourth-order valence-electron chi connectivity index (χ4n) is 0.989. The molecule has 3 heteroatoms. The Kier molecular flexibility index (Phi) is 6.20. The molecule has 0 rings (SSSR count). The van der Waals surface area contributed by atoms with Gasteiger partial charge >= 0.3 is 5.97 Å². The third-order valence-corrected chi connectivity index (χ3v) is 2.02. The van der Waals surface area contributed by atoms with E-state index in [2.05, 4.69) is 0 Å². The number of ketones is 1. The molecule has 0 aliphatic rings. The highest BCUT2D eigenvalue weighted by Crippen LogP contribution is 2.08. The summed E-state index contributed by atoms with van der Waals surface area (Å²) in [5, 5.41) is 0. The van der Waals surface area contributed by atoms with Gasteiger partial charge in [0.1, 0.15) is 5.78 Å². The zero-order valence-electron chi connectivity index (χ0n) is 8.63. The lowest BCUT2D eigenvalue weighted by atomic mass is 10.0. The van der Waals surface area contributed by atoms with Gasteiger partial charge in [0, 0.05) is 12.3 Å². The number of hydrogen-bond donors (Lipinski definition) is 0. The largest absolute Gasteiger partial charge is 0.466 e. The Morgan fingerprint density at radius 2 is 2.00 bits per heavy atom. The molecule has 0 aliphatic heterocycles. The lowest BCUT2D eigenvalue weighted by molar-refractivity contribution is -0.143. The maximum atomic E-state index is 10.9. The molecule has 1 unspecified atom stereocenters. The van der Waals surface area contributed by atoms with Crippen molar-refractivity contribution < 1.29 is 14.3 Å². The minimum absolute atomic E-state index is 0.0643. The minimum atomic E-state index is -0.168. The van der Waals surface area contributed by atoms with Crippen LogP contribution in [0.25, 0.3) is 0 Å². The van der Waals surface area contributed by atoms with Crippen molar-refractivity contribution in [1.82, 2.24) is 0 Å². The molecule has 0 saturated heterocycles. The predicted molar refractivity (Wildman–Crippen MR) is 50.3 cm³/mol. The summed E-state index contributed by atoms with van der Waals surface area (Å²) in [5.41, 5.74) is 0. The van der Waals surface area contributed by atoms with Gasteiger partial charge in [-0.15, -0.1) is 0 Å². The number of hydrogen-bond acceptors (Lipinski definition) is 3. The van der Waals surface area contributed by atoms with Gasteiger partial charge in [0.05, 0.1) is 6.61 Å². The summed E-state index contributed by atoms with van der Waals surface area (Å²) >= 11 is 0. The van der Waals surface area contributed by atoms with Gasteiger partial charge < -0.3 is 4.74 Å². The minimum Gasteiger partial charge on any atom is -0.466 e. The molecule has 0 aromatic heterocycles. The molecule has 3 nitrogen and oxygen atoms in total. The van der Waals surface area contributed by atoms with Crippen molar-refractivity contribution in [3.05, 3.63) is 0 Å². The maximum absolute atomic E-state index is 10.9. The van der Waals surface area contributed by atoms with Crippen LogP contribution in [0.2, 0.25) is 0 Å². The van der Waals surface area contributed by atoms with E-state index in [0.717, 1.165) is 12.8 Å². The van der Waals surface area contributed by atoms with E-state index >= 15 is 0 Å². The van der Waals surface area contributed by atoms with E-state index in [4.69, 9.17) is 4.74 Å². The predicted octanol–water partition coefficient (Wildman–Crippen LogP) is 1.94. The van der Waals surface area contributed by atoms with Gasteiger partial charge in [-0.25, -0.2) is 0 Å². The van der Waals surface area contributed by atoms with E-state index < -0.39 is 0 Å². The Hall–Kier alpha value is -0.860. The number of rotatable bonds is 6. The van der Waals surface area contributed by atoms with E-state index in [1.54, 1.807) is 13.8 Å². The molecule has 0 aromatic carbocycles. The number of carbonyl (C=O) groups excluding carboxylic acids is 2. The first-order valence-corrected chi connectivity index (χ1v) is 4.74. The summed E-state index contributed by atoms with van der Waals surface area (Å²) in [4.78, 5) is 21.7. The fourth-order valence-corrected chi connectivity index (χ4v) is 0.989. The Balaban J connectivity index is 3.44. The van der Waals surface area contributed by atoms with Crippen molar-refractivity contribution in [1.29, 1.82) is 0 Å². The van der Waals surface area contributed by atoms with E-state index in [0.29, 0.717) is 13.0 Å². The molecule has 0 aromatic rings. The highest BCUT2D eigenvalue weighted by molar-refractivity contribution is 5.77. The second-order valence-electron chi connectivity index (χ2n) is 3.21. The Morgan fingerprint density at radius 1 is 1.38 bits per heavy atom. The quantitative estimate of drug-likeness (QED) is 0.595. The molecule has 0 bridgehead atoms. The van der Waals surface area contributed by atoms with Gasteiger partial charge in [-0.3, -0.25) is 9.59 Å². The molecular formula is C10H18O3. The lowest BCUT2D eigenvalue weighted by Crippen LogP contribution is -2.08. The first-order chi connectivity index (χ1) is 6.07. The Bertz CT molecular complexity index is 175. The molecule has 76 valence electrons. The number of carbonyl (C=O) groups is 2. The first kappa shape index (κ1) is 12.1. The number of Topliss-reactive ketones (excluding diaryl/α,β-unsaturated/α-hetero) is 1. The normalized spacial score (nSPS) is 12.2. The second-order valence-corrected chi connectivity index (χ2v) is 3.21. The van der Waals surface area contributed by atoms with E-state index in [1.807, 2.05) is 6.92 Å². The first-order valence-electron chi connectivity index (χ1n) is 4.74. The summed E-state index contributed by atoms with van der Waals surface area (Å²) in [6.07, 6.45) is 1.93. The topological polar surface area (TPSA) is 43.4 Å². The molecule has 13 heavy (non-hydrogen) atoms. The van der Waals surface area contributed by atoms with E-state index in [1.165, 1.54) is 0 Å². The zero-order chi connectivity index (χ0) is 10.3. The third-order valence-electron chi connectivity index (χ3n) is 2.02. The molecule has 0 heterocycles. The van der Waals surface area contributed by atoms with Crippen LogP contribution >= 0.6 is 0 Å². The molecule has 0 radical (unpaired) electrons. The standard InChI is InChI=1S/C10H18O3/c1-4-13-10(12)7-5-6-8(2)9(3)11/h8H,4-7H2,1-3H3. The SMILES string of the molecule is CCOC(=O)CCCC(C)C(C)=O. The van der Waals surface area contributed by atoms with Crippen LogP contribution in [0.15, 0.2) is 0 Å². The summed E-state index contributed by atoms with van der Waals surface area (Å²) in [7, 11) is 0. The molecule has 0 fully saturated rings. The van der Waals surface area contributed by atoms with Crippen LogP contribution in [0.5, 0.6) is 0 Å². The molecule has 0 amide bonds. The molecular weight excluding hydrogens is 168 g/mol. The van der Waals surface area contributed by atoms with Crippen molar-refractivity contribution in [3.63, 3.8) is 0 Å². The Morgan fingerprint density at radius 3 is 2.46 bits per heavy atom. The van der Waals surface area contributed by atoms with Crippen LogP contribution in [0.3, 0.4) is 0 Å². The van der Waals surface area contributed by atoms with Crippen molar-refractivity contribution in [2.45, 2.75) is 40.0 Å². The monoisotopic (exact) mass is 186 g/mol. The third kappa shape index (κ3) is 6.31. The zero-order valence-corrected chi connectivity index (χ0v) is 8.63. The van der Waals surface area contributed by atoms with Gasteiger partial charge in [0.2, 0.25) is 0 Å². The van der Waals surface area contributed by atoms with Gasteiger partial charge in [-0.05, 0) is 26.7 Å². The molecule has 0 aliphatic carbocycles. The molecule has 0 N–H and O–H groups in total. The van der Waals surface area contributed by atoms with Crippen LogP contribution < -0.4 is 0 Å². The molecule has 0 spiro atoms. The second kappa shape index (κ2) is 6.63. The Labute approximate surface area is 79.5 Å². The highest BCUT2D eigenvalue weighted by Gasteiger charge is 2.08. The van der Waals surface area contributed by atoms with Crippen molar-refractivity contribution in [3.8, 4) is 0 Å². The van der Waals surface area contributed by atoms with Crippen LogP contribution in [-0.4, -0.2) is 18.4 Å². The van der Waals surface area contributed by atoms with Gasteiger partial charge in [0.15, 0.2) is 0 Å². The van der Waals surface area contributed by atoms with E-state index in [-0.39, 0.29) is 17.7 Å². The maximum Gasteiger partial charge on any atom is 0.305 e. The van der Waals surface area contributed by atoms with Crippen molar-refractivity contribution in [2.75, 3.05) is 6.61 Å². The highest BCUT2D eigenvalue weighted by atomic mass is 16.5. The molecule has 1 atom stereocenters. The number of esters is 1. The van der Waals surface area contributed by atoms with Crippen LogP contribution in [0.1, 0.15) is 40.0 Å². The summed E-state index contributed by atoms with van der Waals surface area (Å²) < 4.78 is 4.76. The van der Waals surface area contributed by atoms with Gasteiger partial charge in [-0.1, -0.05) is 6.92 Å². The van der Waals surface area contributed by atoms with Gasteiger partial charge in [-0.2, -0.15) is 0 Å². The van der Waals surface area contributed by atoms with Crippen LogP contribution in [0, 0.1) is 5.92 Å². The number of ether oxygens (including phenoxy) is 1.